The summed E-state index contributed by atoms with van der Waals surface area (Å²) < 4.78 is 0. The van der Waals surface area contributed by atoms with E-state index in [9.17, 15) is 19.7 Å². The van der Waals surface area contributed by atoms with Crippen molar-refractivity contribution < 1.29 is 14.5 Å². The predicted molar refractivity (Wildman–Crippen MR) is 65.8 cm³/mol. The molecule has 0 aliphatic carbocycles. The third-order valence-electron chi connectivity index (χ3n) is 2.00. The lowest BCUT2D eigenvalue weighted by atomic mass is 10.2. The third-order valence-corrected chi connectivity index (χ3v) is 2.21. The average Bonchev–Trinajstić information content (AvgIpc) is 2.33. The fraction of sp³-hybridized carbons (Fsp3) is 0.222. The van der Waals surface area contributed by atoms with Crippen LogP contribution in [0.5, 0.6) is 0 Å². The molecule has 1 aromatic heterocycles. The zero-order valence-corrected chi connectivity index (χ0v) is 10.3. The molecule has 19 heavy (non-hydrogen) atoms. The number of carbonyl (C=O) groups excluding carboxylic acids is 2. The number of hydrogen-bond donors (Lipinski definition) is 3. The van der Waals surface area contributed by atoms with Gasteiger partial charge in [0.25, 0.3) is 11.6 Å². The number of amides is 3. The van der Waals surface area contributed by atoms with Gasteiger partial charge in [-0.1, -0.05) is 11.6 Å². The van der Waals surface area contributed by atoms with Crippen molar-refractivity contribution in [1.29, 1.82) is 0 Å². The van der Waals surface area contributed by atoms with Gasteiger partial charge in [-0.3, -0.25) is 14.9 Å². The Kier molecular flexibility index (Phi) is 5.01. The summed E-state index contributed by atoms with van der Waals surface area (Å²) in [6, 6.07) is 0.364. The van der Waals surface area contributed by atoms with E-state index in [1.807, 2.05) is 0 Å². The number of urea groups is 1. The molecule has 0 aliphatic rings. The van der Waals surface area contributed by atoms with Crippen LogP contribution in [0.1, 0.15) is 10.4 Å². The molecule has 0 saturated heterocycles. The van der Waals surface area contributed by atoms with Gasteiger partial charge in [0, 0.05) is 13.1 Å². The van der Waals surface area contributed by atoms with Gasteiger partial charge in [-0.2, -0.15) is 0 Å². The molecule has 0 aliphatic heterocycles. The Bertz CT molecular complexity index is 521. The fourth-order valence-corrected chi connectivity index (χ4v) is 1.36. The zero-order valence-electron chi connectivity index (χ0n) is 9.55. The first-order valence-corrected chi connectivity index (χ1v) is 5.41. The van der Waals surface area contributed by atoms with Crippen LogP contribution in [0, 0.1) is 10.1 Å². The second-order valence-electron chi connectivity index (χ2n) is 3.33. The van der Waals surface area contributed by atoms with Crippen molar-refractivity contribution >= 4 is 29.2 Å². The summed E-state index contributed by atoms with van der Waals surface area (Å²) in [6.45, 7) is 0.173. The second-order valence-corrected chi connectivity index (χ2v) is 3.72. The molecule has 0 fully saturated rings. The Morgan fingerprint density at radius 2 is 2.05 bits per heavy atom. The quantitative estimate of drug-likeness (QED) is 0.303. The SMILES string of the molecule is NC(=O)NCCNC(=O)c1cc(Cl)ncc1[N+](=O)[O-]. The van der Waals surface area contributed by atoms with Crippen molar-refractivity contribution in [3.63, 3.8) is 0 Å². The summed E-state index contributed by atoms with van der Waals surface area (Å²) in [5.74, 6) is -0.692. The zero-order chi connectivity index (χ0) is 14.4. The predicted octanol–water partition coefficient (Wildman–Crippen LogP) is 0.0413. The molecule has 0 bridgehead atoms. The van der Waals surface area contributed by atoms with Crippen LogP contribution in [0.15, 0.2) is 12.3 Å². The van der Waals surface area contributed by atoms with Crippen LogP contribution in [-0.2, 0) is 0 Å². The maximum Gasteiger partial charge on any atom is 0.312 e. The van der Waals surface area contributed by atoms with Gasteiger partial charge in [-0.15, -0.1) is 0 Å². The van der Waals surface area contributed by atoms with Gasteiger partial charge in [-0.25, -0.2) is 9.78 Å². The second kappa shape index (κ2) is 6.50. The molecule has 0 spiro atoms. The average molecular weight is 288 g/mol. The van der Waals surface area contributed by atoms with Gasteiger partial charge >= 0.3 is 6.03 Å². The number of nitrogens with zero attached hydrogens (tertiary/aromatic N) is 2. The van der Waals surface area contributed by atoms with Gasteiger partial charge in [0.1, 0.15) is 16.9 Å². The summed E-state index contributed by atoms with van der Waals surface area (Å²) >= 11 is 5.58. The maximum atomic E-state index is 11.7. The molecule has 3 amide bonds. The van der Waals surface area contributed by atoms with Gasteiger partial charge < -0.3 is 16.4 Å². The number of halogens is 1. The van der Waals surface area contributed by atoms with Crippen molar-refractivity contribution in [2.75, 3.05) is 13.1 Å². The molecule has 0 atom stereocenters. The lowest BCUT2D eigenvalue weighted by Gasteiger charge is -2.06. The van der Waals surface area contributed by atoms with E-state index in [-0.39, 0.29) is 23.8 Å². The highest BCUT2D eigenvalue weighted by atomic mass is 35.5. The van der Waals surface area contributed by atoms with E-state index >= 15 is 0 Å². The van der Waals surface area contributed by atoms with Crippen LogP contribution in [0.4, 0.5) is 10.5 Å². The van der Waals surface area contributed by atoms with Gasteiger partial charge in [0.05, 0.1) is 4.92 Å². The minimum atomic E-state index is -0.736. The Labute approximate surface area is 112 Å². The number of rotatable bonds is 5. The largest absolute Gasteiger partial charge is 0.352 e. The van der Waals surface area contributed by atoms with Crippen LogP contribution in [0.3, 0.4) is 0 Å². The fourth-order valence-electron chi connectivity index (χ4n) is 1.21. The van der Waals surface area contributed by atoms with Crippen molar-refractivity contribution in [2.24, 2.45) is 5.73 Å². The highest BCUT2D eigenvalue weighted by Gasteiger charge is 2.20. The van der Waals surface area contributed by atoms with Crippen LogP contribution >= 0.6 is 11.6 Å². The first kappa shape index (κ1) is 14.6. The highest BCUT2D eigenvalue weighted by molar-refractivity contribution is 6.29. The standard InChI is InChI=1S/C9H10ClN5O4/c10-7-3-5(6(4-14-7)15(18)19)8(16)12-1-2-13-9(11)17/h3-4H,1-2H2,(H,12,16)(H3,11,13,17). The van der Waals surface area contributed by atoms with E-state index in [1.165, 1.54) is 0 Å². The van der Waals surface area contributed by atoms with Gasteiger partial charge in [0.2, 0.25) is 0 Å². The number of nitrogens with two attached hydrogens (primary N) is 1. The molecule has 10 heteroatoms. The molecule has 0 saturated carbocycles. The number of nitro groups is 1. The molecular formula is C9H10ClN5O4. The molecule has 4 N–H and O–H groups in total. The van der Waals surface area contributed by atoms with Crippen molar-refractivity contribution in [2.45, 2.75) is 0 Å². The van der Waals surface area contributed by atoms with E-state index < -0.39 is 22.5 Å². The Balaban J connectivity index is 2.73. The van der Waals surface area contributed by atoms with E-state index in [0.29, 0.717) is 0 Å². The molecule has 0 radical (unpaired) electrons. The molecular weight excluding hydrogens is 278 g/mol. The van der Waals surface area contributed by atoms with Gasteiger partial charge in [-0.05, 0) is 6.07 Å². The molecule has 0 unspecified atom stereocenters. The Hall–Kier alpha value is -2.42. The minimum absolute atomic E-state index is 0.0361. The summed E-state index contributed by atoms with van der Waals surface area (Å²) in [4.78, 5) is 35.6. The first-order valence-electron chi connectivity index (χ1n) is 5.03. The molecule has 1 heterocycles. The monoisotopic (exact) mass is 287 g/mol. The van der Waals surface area contributed by atoms with Crippen LogP contribution in [0.2, 0.25) is 5.15 Å². The number of pyridine rings is 1. The van der Waals surface area contributed by atoms with E-state index in [0.717, 1.165) is 12.3 Å². The van der Waals surface area contributed by atoms with E-state index in [2.05, 4.69) is 15.6 Å². The van der Waals surface area contributed by atoms with E-state index in [4.69, 9.17) is 17.3 Å². The lowest BCUT2D eigenvalue weighted by molar-refractivity contribution is -0.385. The smallest absolute Gasteiger partial charge is 0.312 e. The van der Waals surface area contributed by atoms with Crippen LogP contribution in [-0.4, -0.2) is 34.9 Å². The first-order chi connectivity index (χ1) is 8.91. The number of aromatic nitrogens is 1. The maximum absolute atomic E-state index is 11.7. The molecule has 1 rings (SSSR count). The van der Waals surface area contributed by atoms with Crippen LogP contribution in [0.25, 0.3) is 0 Å². The Morgan fingerprint density at radius 1 is 1.42 bits per heavy atom. The Morgan fingerprint density at radius 3 is 2.63 bits per heavy atom. The number of carbonyl (C=O) groups is 2. The summed E-state index contributed by atoms with van der Waals surface area (Å²) in [7, 11) is 0. The van der Waals surface area contributed by atoms with E-state index in [1.54, 1.807) is 0 Å². The number of primary amides is 1. The summed E-state index contributed by atoms with van der Waals surface area (Å²) in [5.41, 5.74) is 4.17. The topological polar surface area (TPSA) is 140 Å². The summed E-state index contributed by atoms with van der Waals surface area (Å²) in [6.07, 6.45) is 0.902. The lowest BCUT2D eigenvalue weighted by Crippen LogP contribution is -2.37. The van der Waals surface area contributed by atoms with Gasteiger partial charge in [0.15, 0.2) is 0 Å². The summed E-state index contributed by atoms with van der Waals surface area (Å²) in [5, 5.41) is 15.3. The van der Waals surface area contributed by atoms with Crippen molar-refractivity contribution in [1.82, 2.24) is 15.6 Å². The molecule has 102 valence electrons. The molecule has 0 aromatic carbocycles. The molecule has 9 nitrogen and oxygen atoms in total. The number of nitrogens with one attached hydrogen (secondary N) is 2. The number of hydrogen-bond acceptors (Lipinski definition) is 5. The highest BCUT2D eigenvalue weighted by Crippen LogP contribution is 2.19. The third kappa shape index (κ3) is 4.39. The normalized spacial score (nSPS) is 9.74. The minimum Gasteiger partial charge on any atom is -0.352 e. The van der Waals surface area contributed by atoms with Crippen molar-refractivity contribution in [3.05, 3.63) is 33.1 Å². The van der Waals surface area contributed by atoms with Crippen LogP contribution < -0.4 is 16.4 Å². The van der Waals surface area contributed by atoms with Crippen molar-refractivity contribution in [3.8, 4) is 0 Å². The molecule has 1 aromatic rings.